The zero-order valence-electron chi connectivity index (χ0n) is 28.1. The highest BCUT2D eigenvalue weighted by Crippen LogP contribution is 2.42. The number of fused-ring (bicyclic) bond motifs is 3. The van der Waals surface area contributed by atoms with Crippen molar-refractivity contribution in [1.29, 1.82) is 0 Å². The number of hydrogen-bond donors (Lipinski definition) is 0. The Bertz CT molecular complexity index is 3040. The number of aromatic nitrogens is 4. The van der Waals surface area contributed by atoms with Crippen molar-refractivity contribution in [1.82, 2.24) is 19.1 Å². The molecule has 0 atom stereocenters. The molecule has 11 aromatic rings. The molecular formula is C48H30N4. The maximum atomic E-state index is 5.26. The molecule has 0 spiro atoms. The summed E-state index contributed by atoms with van der Waals surface area (Å²) in [5.41, 5.74) is 11.9. The first-order valence-corrected chi connectivity index (χ1v) is 17.7. The lowest BCUT2D eigenvalue weighted by Gasteiger charge is -2.13. The molecule has 3 aromatic heterocycles. The van der Waals surface area contributed by atoms with E-state index in [9.17, 15) is 0 Å². The molecule has 242 valence electrons. The van der Waals surface area contributed by atoms with Crippen molar-refractivity contribution in [3.63, 3.8) is 0 Å². The molecule has 0 unspecified atom stereocenters. The van der Waals surface area contributed by atoms with Crippen molar-refractivity contribution >= 4 is 54.4 Å². The fourth-order valence-electron chi connectivity index (χ4n) is 8.13. The minimum absolute atomic E-state index is 0.647. The largest absolute Gasteiger partial charge is 0.309 e. The Morgan fingerprint density at radius 3 is 1.67 bits per heavy atom. The van der Waals surface area contributed by atoms with E-state index in [-0.39, 0.29) is 0 Å². The predicted molar refractivity (Wildman–Crippen MR) is 216 cm³/mol. The van der Waals surface area contributed by atoms with E-state index in [1.54, 1.807) is 0 Å². The van der Waals surface area contributed by atoms with E-state index in [0.717, 1.165) is 44.8 Å². The summed E-state index contributed by atoms with van der Waals surface area (Å²) in [5.74, 6) is 0.647. The second kappa shape index (κ2) is 11.2. The van der Waals surface area contributed by atoms with Crippen molar-refractivity contribution in [3.8, 4) is 45.3 Å². The summed E-state index contributed by atoms with van der Waals surface area (Å²) in [5, 5.41) is 7.44. The van der Waals surface area contributed by atoms with Gasteiger partial charge in [0.1, 0.15) is 0 Å². The maximum absolute atomic E-state index is 5.26. The topological polar surface area (TPSA) is 35.6 Å². The van der Waals surface area contributed by atoms with Crippen molar-refractivity contribution < 1.29 is 0 Å². The van der Waals surface area contributed by atoms with E-state index in [1.165, 1.54) is 48.9 Å². The number of hydrogen-bond acceptors (Lipinski definition) is 2. The molecule has 0 fully saturated rings. The van der Waals surface area contributed by atoms with Crippen molar-refractivity contribution in [2.45, 2.75) is 0 Å². The summed E-state index contributed by atoms with van der Waals surface area (Å²) in [7, 11) is 0. The summed E-state index contributed by atoms with van der Waals surface area (Å²) in [4.78, 5) is 10.5. The summed E-state index contributed by atoms with van der Waals surface area (Å²) in [6.45, 7) is 0. The number of nitrogens with zero attached hydrogens (tertiary/aromatic N) is 4. The van der Waals surface area contributed by atoms with E-state index < -0.39 is 0 Å². The Morgan fingerprint density at radius 2 is 0.923 bits per heavy atom. The second-order valence-corrected chi connectivity index (χ2v) is 13.5. The molecule has 11 rings (SSSR count). The zero-order chi connectivity index (χ0) is 34.2. The molecule has 0 aliphatic heterocycles. The third-order valence-corrected chi connectivity index (χ3v) is 10.5. The molecule has 3 heterocycles. The molecule has 0 saturated carbocycles. The normalized spacial score (nSPS) is 11.8. The standard InChI is InChI=1S/C48H30N4/c1-4-13-31(14-5-1)40-30-41(32-15-6-2-7-16-32)50-48(49-40)52-42-21-11-10-20-38(42)39-26-25-34(28-44(39)52)36-27-35-24-23-33-17-12-22-43-46(33)47(35)45(29-36)51(43)37-18-8-3-9-19-37/h1-30H. The van der Waals surface area contributed by atoms with Gasteiger partial charge in [-0.25, -0.2) is 9.97 Å². The van der Waals surface area contributed by atoms with Gasteiger partial charge in [0.05, 0.1) is 33.5 Å². The van der Waals surface area contributed by atoms with Gasteiger partial charge in [0.25, 0.3) is 0 Å². The van der Waals surface area contributed by atoms with Crippen LogP contribution in [0.4, 0.5) is 0 Å². The third-order valence-electron chi connectivity index (χ3n) is 10.5. The first-order valence-electron chi connectivity index (χ1n) is 17.7. The van der Waals surface area contributed by atoms with E-state index in [4.69, 9.17) is 9.97 Å². The van der Waals surface area contributed by atoms with Crippen LogP contribution >= 0.6 is 0 Å². The Hall–Kier alpha value is -7.04. The van der Waals surface area contributed by atoms with E-state index in [1.807, 2.05) is 12.1 Å². The number of benzene rings is 8. The number of rotatable bonds is 5. The fourth-order valence-corrected chi connectivity index (χ4v) is 8.13. The van der Waals surface area contributed by atoms with Gasteiger partial charge in [-0.3, -0.25) is 4.57 Å². The molecule has 4 nitrogen and oxygen atoms in total. The Morgan fingerprint density at radius 1 is 0.327 bits per heavy atom. The van der Waals surface area contributed by atoms with Gasteiger partial charge in [-0.05, 0) is 70.4 Å². The van der Waals surface area contributed by atoms with Crippen LogP contribution in [0.5, 0.6) is 0 Å². The van der Waals surface area contributed by atoms with Crippen molar-refractivity contribution in [2.75, 3.05) is 0 Å². The van der Waals surface area contributed by atoms with Crippen LogP contribution in [-0.2, 0) is 0 Å². The summed E-state index contributed by atoms with van der Waals surface area (Å²) < 4.78 is 4.65. The predicted octanol–water partition coefficient (Wildman–Crippen LogP) is 12.3. The minimum atomic E-state index is 0.647. The van der Waals surface area contributed by atoms with Gasteiger partial charge in [0.15, 0.2) is 0 Å². The van der Waals surface area contributed by atoms with Crippen LogP contribution in [0.15, 0.2) is 182 Å². The molecule has 4 heteroatoms. The van der Waals surface area contributed by atoms with Crippen LogP contribution < -0.4 is 0 Å². The highest BCUT2D eigenvalue weighted by atomic mass is 15.2. The Kier molecular flexibility index (Phi) is 6.22. The van der Waals surface area contributed by atoms with Crippen LogP contribution in [0.2, 0.25) is 0 Å². The lowest BCUT2D eigenvalue weighted by Crippen LogP contribution is -2.04. The first-order chi connectivity index (χ1) is 25.8. The molecule has 0 aliphatic carbocycles. The van der Waals surface area contributed by atoms with Gasteiger partial charge in [0, 0.05) is 38.4 Å². The molecular weight excluding hydrogens is 633 g/mol. The van der Waals surface area contributed by atoms with Gasteiger partial charge in [0.2, 0.25) is 5.95 Å². The van der Waals surface area contributed by atoms with Crippen LogP contribution in [0, 0.1) is 0 Å². The molecule has 0 bridgehead atoms. The van der Waals surface area contributed by atoms with Gasteiger partial charge >= 0.3 is 0 Å². The average molecular weight is 663 g/mol. The Labute approximate surface area is 299 Å². The third kappa shape index (κ3) is 4.34. The van der Waals surface area contributed by atoms with Gasteiger partial charge < -0.3 is 4.57 Å². The van der Waals surface area contributed by atoms with Gasteiger partial charge in [-0.15, -0.1) is 0 Å². The van der Waals surface area contributed by atoms with Gasteiger partial charge in [-0.2, -0.15) is 0 Å². The molecule has 0 saturated heterocycles. The Balaban J connectivity index is 1.18. The molecule has 52 heavy (non-hydrogen) atoms. The number of para-hydroxylation sites is 2. The quantitative estimate of drug-likeness (QED) is 0.172. The highest BCUT2D eigenvalue weighted by Gasteiger charge is 2.20. The molecule has 8 aromatic carbocycles. The SMILES string of the molecule is c1ccc(-c2cc(-c3ccccc3)nc(-n3c4ccccc4c4ccc(-c5cc6ccc7cccc8c7c6c(c5)n8-c5ccccc5)cc43)n2)cc1. The van der Waals surface area contributed by atoms with Crippen molar-refractivity contribution in [3.05, 3.63) is 182 Å². The van der Waals surface area contributed by atoms with E-state index in [0.29, 0.717) is 5.95 Å². The molecule has 0 N–H and O–H groups in total. The summed E-state index contributed by atoms with van der Waals surface area (Å²) in [6.07, 6.45) is 0. The minimum Gasteiger partial charge on any atom is -0.309 e. The van der Waals surface area contributed by atoms with Gasteiger partial charge in [-0.1, -0.05) is 133 Å². The monoisotopic (exact) mass is 662 g/mol. The smallest absolute Gasteiger partial charge is 0.235 e. The lowest BCUT2D eigenvalue weighted by atomic mass is 9.97. The van der Waals surface area contributed by atoms with E-state index in [2.05, 4.69) is 179 Å². The first kappa shape index (κ1) is 28.8. The van der Waals surface area contributed by atoms with Crippen LogP contribution in [-0.4, -0.2) is 19.1 Å². The highest BCUT2D eigenvalue weighted by molar-refractivity contribution is 6.25. The molecule has 0 amide bonds. The van der Waals surface area contributed by atoms with E-state index >= 15 is 0 Å². The van der Waals surface area contributed by atoms with Crippen LogP contribution in [0.1, 0.15) is 0 Å². The maximum Gasteiger partial charge on any atom is 0.235 e. The molecule has 0 radical (unpaired) electrons. The molecule has 0 aliphatic rings. The van der Waals surface area contributed by atoms with Crippen molar-refractivity contribution in [2.24, 2.45) is 0 Å². The zero-order valence-corrected chi connectivity index (χ0v) is 28.1. The lowest BCUT2D eigenvalue weighted by molar-refractivity contribution is 0.996. The van der Waals surface area contributed by atoms with Crippen LogP contribution in [0.3, 0.4) is 0 Å². The fraction of sp³-hybridized carbons (Fsp3) is 0. The van der Waals surface area contributed by atoms with Crippen LogP contribution in [0.25, 0.3) is 99.7 Å². The second-order valence-electron chi connectivity index (χ2n) is 13.5. The summed E-state index contributed by atoms with van der Waals surface area (Å²) >= 11 is 0. The summed E-state index contributed by atoms with van der Waals surface area (Å²) in [6, 6.07) is 64.8. The average Bonchev–Trinajstić information content (AvgIpc) is 3.74.